The van der Waals surface area contributed by atoms with Crippen LogP contribution in [0, 0.1) is 5.92 Å². The van der Waals surface area contributed by atoms with E-state index in [2.05, 4.69) is 17.2 Å². The molecule has 1 saturated carbocycles. The Morgan fingerprint density at radius 2 is 1.76 bits per heavy atom. The number of amides is 3. The van der Waals surface area contributed by atoms with Gasteiger partial charge in [-0.25, -0.2) is 9.59 Å². The maximum absolute atomic E-state index is 13.6. The Hall–Kier alpha value is -2.58. The lowest BCUT2D eigenvalue weighted by Crippen LogP contribution is -2.57. The quantitative estimate of drug-likeness (QED) is 0.348. The number of hydrogen-bond acceptors (Lipinski definition) is 6. The first-order valence-corrected chi connectivity index (χ1v) is 12.6. The Bertz CT molecular complexity index is 719. The largest absolute Gasteiger partial charge is 0.464 e. The van der Waals surface area contributed by atoms with E-state index in [9.17, 15) is 19.2 Å². The van der Waals surface area contributed by atoms with Gasteiger partial charge in [-0.1, -0.05) is 25.3 Å². The van der Waals surface area contributed by atoms with Gasteiger partial charge in [0.05, 0.1) is 12.7 Å². The topological polar surface area (TPSA) is 114 Å². The minimum Gasteiger partial charge on any atom is -0.464 e. The highest BCUT2D eigenvalue weighted by Crippen LogP contribution is 2.29. The summed E-state index contributed by atoms with van der Waals surface area (Å²) in [5, 5.41) is 5.57. The number of hydrogen-bond donors (Lipinski definition) is 2. The highest BCUT2D eigenvalue weighted by atomic mass is 16.6. The molecule has 0 radical (unpaired) electrons. The summed E-state index contributed by atoms with van der Waals surface area (Å²) < 4.78 is 10.3. The van der Waals surface area contributed by atoms with E-state index < -0.39 is 30.2 Å². The van der Waals surface area contributed by atoms with Crippen LogP contribution in [0.3, 0.4) is 0 Å². The molecule has 0 aromatic carbocycles. The van der Waals surface area contributed by atoms with Gasteiger partial charge >= 0.3 is 12.1 Å². The van der Waals surface area contributed by atoms with Crippen LogP contribution in [-0.2, 0) is 23.9 Å². The third kappa shape index (κ3) is 8.02. The van der Waals surface area contributed by atoms with Crippen molar-refractivity contribution in [1.29, 1.82) is 0 Å². The fourth-order valence-corrected chi connectivity index (χ4v) is 4.75. The van der Waals surface area contributed by atoms with Crippen LogP contribution in [0.15, 0.2) is 12.7 Å². The van der Waals surface area contributed by atoms with Gasteiger partial charge in [0.25, 0.3) is 0 Å². The number of likely N-dealkylation sites (tertiary alicyclic amines) is 1. The zero-order valence-electron chi connectivity index (χ0n) is 20.8. The number of esters is 1. The molecule has 3 unspecified atom stereocenters. The van der Waals surface area contributed by atoms with Crippen LogP contribution in [0.2, 0.25) is 0 Å². The summed E-state index contributed by atoms with van der Waals surface area (Å²) in [5.74, 6) is -1.12. The summed E-state index contributed by atoms with van der Waals surface area (Å²) >= 11 is 0. The number of carbonyl (C=O) groups excluding carboxylic acids is 4. The molecule has 2 aliphatic rings. The number of nitrogens with one attached hydrogen (secondary N) is 2. The summed E-state index contributed by atoms with van der Waals surface area (Å²) in [6.07, 6.45) is 7.66. The number of carbonyl (C=O) groups is 4. The van der Waals surface area contributed by atoms with E-state index >= 15 is 0 Å². The zero-order valence-corrected chi connectivity index (χ0v) is 20.8. The molecular weight excluding hydrogens is 438 g/mol. The minimum absolute atomic E-state index is 0.00476. The van der Waals surface area contributed by atoms with Gasteiger partial charge in [0.2, 0.25) is 11.8 Å². The van der Waals surface area contributed by atoms with E-state index in [1.165, 1.54) is 0 Å². The Morgan fingerprint density at radius 1 is 1.06 bits per heavy atom. The average molecular weight is 480 g/mol. The highest BCUT2D eigenvalue weighted by molar-refractivity contribution is 5.93. The second-order valence-electron chi connectivity index (χ2n) is 9.34. The standard InChI is InChI=1S/C25H41N3O6/c1-5-7-14-19(24(31)33-6-2)26-22(29)20-15-11-16-28(20)23(30)21(18-12-9-8-10-13-18)27-25(32)34-17(3)4/h5,17-21H,1,6-16H2,2-4H3,(H,26,29)(H,27,32). The zero-order chi connectivity index (χ0) is 25.1. The number of allylic oxidation sites excluding steroid dienone is 1. The van der Waals surface area contributed by atoms with Crippen molar-refractivity contribution in [1.82, 2.24) is 15.5 Å². The van der Waals surface area contributed by atoms with Crippen LogP contribution >= 0.6 is 0 Å². The molecule has 9 nitrogen and oxygen atoms in total. The van der Waals surface area contributed by atoms with E-state index in [1.807, 2.05) is 0 Å². The van der Waals surface area contributed by atoms with Gasteiger partial charge in [0.1, 0.15) is 18.1 Å². The molecule has 3 amide bonds. The van der Waals surface area contributed by atoms with E-state index in [0.717, 1.165) is 32.1 Å². The molecule has 1 saturated heterocycles. The maximum atomic E-state index is 13.6. The van der Waals surface area contributed by atoms with E-state index in [-0.39, 0.29) is 30.4 Å². The number of nitrogens with zero attached hydrogens (tertiary/aromatic N) is 1. The smallest absolute Gasteiger partial charge is 0.408 e. The Balaban J connectivity index is 2.15. The van der Waals surface area contributed by atoms with Crippen molar-refractivity contribution in [3.8, 4) is 0 Å². The average Bonchev–Trinajstić information content (AvgIpc) is 3.30. The van der Waals surface area contributed by atoms with Crippen LogP contribution < -0.4 is 10.6 Å². The second-order valence-corrected chi connectivity index (χ2v) is 9.34. The monoisotopic (exact) mass is 479 g/mol. The summed E-state index contributed by atoms with van der Waals surface area (Å²) in [7, 11) is 0. The van der Waals surface area contributed by atoms with Crippen LogP contribution in [0.25, 0.3) is 0 Å². The van der Waals surface area contributed by atoms with Gasteiger partial charge in [-0.2, -0.15) is 0 Å². The first-order valence-electron chi connectivity index (χ1n) is 12.6. The molecule has 192 valence electrons. The van der Waals surface area contributed by atoms with Crippen molar-refractivity contribution in [3.05, 3.63) is 12.7 Å². The van der Waals surface area contributed by atoms with Gasteiger partial charge in [0, 0.05) is 6.54 Å². The number of alkyl carbamates (subject to hydrolysis) is 1. The molecule has 0 aromatic heterocycles. The molecular formula is C25H41N3O6. The normalized spacial score (nSPS) is 20.4. The Labute approximate surface area is 203 Å². The lowest BCUT2D eigenvalue weighted by molar-refractivity contribution is -0.148. The van der Waals surface area contributed by atoms with Gasteiger partial charge in [-0.3, -0.25) is 9.59 Å². The molecule has 2 N–H and O–H groups in total. The summed E-state index contributed by atoms with van der Waals surface area (Å²) in [6.45, 7) is 9.54. The molecule has 0 bridgehead atoms. The summed E-state index contributed by atoms with van der Waals surface area (Å²) in [5.41, 5.74) is 0. The fourth-order valence-electron chi connectivity index (χ4n) is 4.75. The van der Waals surface area contributed by atoms with Crippen molar-refractivity contribution in [2.24, 2.45) is 5.92 Å². The Morgan fingerprint density at radius 3 is 2.38 bits per heavy atom. The van der Waals surface area contributed by atoms with Crippen LogP contribution in [0.5, 0.6) is 0 Å². The molecule has 2 fully saturated rings. The number of ether oxygens (including phenoxy) is 2. The van der Waals surface area contributed by atoms with E-state index in [1.54, 1.807) is 31.7 Å². The van der Waals surface area contributed by atoms with Crippen LogP contribution in [0.4, 0.5) is 4.79 Å². The summed E-state index contributed by atoms with van der Waals surface area (Å²) in [6, 6.07) is -2.22. The van der Waals surface area contributed by atoms with Crippen molar-refractivity contribution in [2.45, 2.75) is 103 Å². The van der Waals surface area contributed by atoms with Crippen molar-refractivity contribution < 1.29 is 28.7 Å². The SMILES string of the molecule is C=CCCC(NC(=O)C1CCCN1C(=O)C(NC(=O)OC(C)C)C1CCCCC1)C(=O)OCC. The molecule has 1 aliphatic carbocycles. The van der Waals surface area contributed by atoms with Crippen molar-refractivity contribution in [2.75, 3.05) is 13.2 Å². The minimum atomic E-state index is -0.795. The number of rotatable bonds is 11. The molecule has 34 heavy (non-hydrogen) atoms. The fraction of sp³-hybridized carbons (Fsp3) is 0.760. The predicted octanol–water partition coefficient (Wildman–Crippen LogP) is 3.08. The summed E-state index contributed by atoms with van der Waals surface area (Å²) in [4.78, 5) is 53.1. The molecule has 1 aliphatic heterocycles. The molecule has 2 rings (SSSR count). The molecule has 0 aromatic rings. The molecule has 3 atom stereocenters. The first-order chi connectivity index (χ1) is 16.3. The second kappa shape index (κ2) is 14.0. The molecule has 1 heterocycles. The lowest BCUT2D eigenvalue weighted by atomic mass is 9.83. The van der Waals surface area contributed by atoms with Gasteiger partial charge in [0.15, 0.2) is 0 Å². The first kappa shape index (κ1) is 27.7. The highest BCUT2D eigenvalue weighted by Gasteiger charge is 2.41. The lowest BCUT2D eigenvalue weighted by Gasteiger charge is -2.34. The van der Waals surface area contributed by atoms with Gasteiger partial charge in [-0.05, 0) is 65.2 Å². The van der Waals surface area contributed by atoms with Gasteiger partial charge in [-0.15, -0.1) is 6.58 Å². The van der Waals surface area contributed by atoms with Crippen LogP contribution in [-0.4, -0.2) is 66.2 Å². The third-order valence-electron chi connectivity index (χ3n) is 6.39. The van der Waals surface area contributed by atoms with Crippen molar-refractivity contribution in [3.63, 3.8) is 0 Å². The predicted molar refractivity (Wildman–Crippen MR) is 128 cm³/mol. The van der Waals surface area contributed by atoms with Gasteiger partial charge < -0.3 is 25.0 Å². The maximum Gasteiger partial charge on any atom is 0.408 e. The third-order valence-corrected chi connectivity index (χ3v) is 6.39. The van der Waals surface area contributed by atoms with E-state index in [4.69, 9.17) is 9.47 Å². The van der Waals surface area contributed by atoms with Crippen LogP contribution in [0.1, 0.15) is 78.6 Å². The molecule has 9 heteroatoms. The Kier molecular flexibility index (Phi) is 11.4. The molecule has 0 spiro atoms. The van der Waals surface area contributed by atoms with Crippen molar-refractivity contribution >= 4 is 23.9 Å². The van der Waals surface area contributed by atoms with E-state index in [0.29, 0.717) is 32.2 Å².